The standard InChI is InChI=1S/C39H46N6O9S2/c40-43-41-11-17-51-19-21-53-22-20-52-18-12-42-55(46,47)28-9-10-29(34(25-28)56(48,49)50)35-32-23-26-5-1-13-44-15-3-7-30(36(26)44)38(32)54-39-31-8-4-16-45-14-2-6-27(37(31)45)24-33(35)39/h9-10,23-25,42H,1-8,11-22H2. The first-order valence-electron chi connectivity index (χ1n) is 19.4. The van der Waals surface area contributed by atoms with Gasteiger partial charge in [0.05, 0.1) is 55.0 Å². The van der Waals surface area contributed by atoms with Crippen molar-refractivity contribution in [2.75, 3.05) is 83.8 Å². The van der Waals surface area contributed by atoms with Crippen LogP contribution in [0.15, 0.2) is 45.2 Å². The van der Waals surface area contributed by atoms with E-state index in [0.29, 0.717) is 36.9 Å². The lowest BCUT2D eigenvalue weighted by atomic mass is 9.82. The van der Waals surface area contributed by atoms with Crippen LogP contribution in [0.5, 0.6) is 11.5 Å². The van der Waals surface area contributed by atoms with Crippen molar-refractivity contribution in [1.82, 2.24) is 9.30 Å². The number of azide groups is 1. The first-order chi connectivity index (χ1) is 27.2. The Hall–Kier alpha value is -4.06. The maximum absolute atomic E-state index is 13.5. The van der Waals surface area contributed by atoms with Crippen LogP contribution in [0.25, 0.3) is 16.0 Å². The molecule has 5 aliphatic heterocycles. The van der Waals surface area contributed by atoms with E-state index in [4.69, 9.17) is 24.5 Å². The summed E-state index contributed by atoms with van der Waals surface area (Å²) in [4.78, 5) is 4.16. The van der Waals surface area contributed by atoms with Crippen LogP contribution in [-0.2, 0) is 60.0 Å². The molecule has 0 bridgehead atoms. The molecule has 0 amide bonds. The van der Waals surface area contributed by atoms with Gasteiger partial charge in [-0.3, -0.25) is 0 Å². The third-order valence-electron chi connectivity index (χ3n) is 11.2. The van der Waals surface area contributed by atoms with Crippen molar-refractivity contribution < 1.29 is 40.3 Å². The molecule has 1 N–H and O–H groups in total. The van der Waals surface area contributed by atoms with Crippen molar-refractivity contribution >= 4 is 31.4 Å². The van der Waals surface area contributed by atoms with Crippen molar-refractivity contribution in [1.29, 1.82) is 0 Å². The summed E-state index contributed by atoms with van der Waals surface area (Å²) in [5.74, 6) is 1.41. The van der Waals surface area contributed by atoms with E-state index in [1.807, 2.05) is 0 Å². The average molecular weight is 807 g/mol. The SMILES string of the molecule is [N-]=[N+]=NCCOCCOCCOCCNS(=O)(=O)c1ccc(C2=c3cc4c5c(c3Oc3c2cc2c6c3CCCN6CCC2)CCC[N+]=5CCC4)c(S(=O)(=O)[O-])c1. The number of hydrogen-bond donors (Lipinski definition) is 1. The zero-order valence-electron chi connectivity index (χ0n) is 31.3. The van der Waals surface area contributed by atoms with Gasteiger partial charge in [-0.25, -0.2) is 26.1 Å². The monoisotopic (exact) mass is 806 g/mol. The Bertz CT molecular complexity index is 2440. The highest BCUT2D eigenvalue weighted by Gasteiger charge is 2.36. The first-order valence-corrected chi connectivity index (χ1v) is 22.3. The summed E-state index contributed by atoms with van der Waals surface area (Å²) < 4.78 is 94.7. The quantitative estimate of drug-likeness (QED) is 0.0439. The number of nitrogens with zero attached hydrogens (tertiary/aromatic N) is 5. The number of ether oxygens (including phenoxy) is 4. The molecule has 3 aromatic rings. The van der Waals surface area contributed by atoms with Gasteiger partial charge in [-0.15, -0.1) is 0 Å². The molecule has 0 spiro atoms. The highest BCUT2D eigenvalue weighted by molar-refractivity contribution is 7.89. The van der Waals surface area contributed by atoms with Crippen molar-refractivity contribution in [2.24, 2.45) is 5.11 Å². The van der Waals surface area contributed by atoms with Gasteiger partial charge in [0, 0.05) is 82.7 Å². The van der Waals surface area contributed by atoms with Crippen LogP contribution < -0.4 is 29.5 Å². The van der Waals surface area contributed by atoms with Gasteiger partial charge in [0.2, 0.25) is 15.4 Å². The summed E-state index contributed by atoms with van der Waals surface area (Å²) >= 11 is 0. The van der Waals surface area contributed by atoms with Gasteiger partial charge in [0.15, 0.2) is 0 Å². The minimum atomic E-state index is -5.17. The number of nitrogens with one attached hydrogen (secondary N) is 1. The first kappa shape index (κ1) is 38.8. The molecule has 0 unspecified atom stereocenters. The zero-order chi connectivity index (χ0) is 38.9. The van der Waals surface area contributed by atoms with Gasteiger partial charge in [-0.05, 0) is 73.9 Å². The molecule has 0 aromatic heterocycles. The highest BCUT2D eigenvalue weighted by atomic mass is 32.2. The van der Waals surface area contributed by atoms with E-state index >= 15 is 0 Å². The Morgan fingerprint density at radius 1 is 0.821 bits per heavy atom. The number of rotatable bonds is 16. The van der Waals surface area contributed by atoms with Crippen LogP contribution in [0.4, 0.5) is 5.69 Å². The number of anilines is 1. The number of aryl methyl sites for hydroxylation is 2. The average Bonchev–Trinajstić information content (AvgIpc) is 3.19. The van der Waals surface area contributed by atoms with E-state index in [-0.39, 0.29) is 43.4 Å². The lowest BCUT2D eigenvalue weighted by molar-refractivity contribution is 0.0171. The van der Waals surface area contributed by atoms with Gasteiger partial charge >= 0.3 is 0 Å². The minimum absolute atomic E-state index is 0.0374. The molecule has 8 rings (SSSR count). The van der Waals surface area contributed by atoms with Gasteiger partial charge < -0.3 is 28.4 Å². The van der Waals surface area contributed by atoms with E-state index in [9.17, 15) is 21.4 Å². The van der Waals surface area contributed by atoms with Crippen molar-refractivity contribution in [3.63, 3.8) is 0 Å². The van der Waals surface area contributed by atoms with E-state index in [1.54, 1.807) is 0 Å². The molecule has 0 saturated heterocycles. The topological polar surface area (TPSA) is 195 Å². The predicted molar refractivity (Wildman–Crippen MR) is 206 cm³/mol. The van der Waals surface area contributed by atoms with Crippen LogP contribution in [-0.4, -0.2) is 100 Å². The smallest absolute Gasteiger partial charge is 0.240 e. The normalized spacial score (nSPS) is 17.0. The molecule has 0 fully saturated rings. The molecule has 0 aliphatic carbocycles. The Kier molecular flexibility index (Phi) is 11.4. The zero-order valence-corrected chi connectivity index (χ0v) is 32.9. The highest BCUT2D eigenvalue weighted by Crippen LogP contribution is 2.49. The molecule has 17 heteroatoms. The lowest BCUT2D eigenvalue weighted by Gasteiger charge is -2.39. The van der Waals surface area contributed by atoms with Crippen molar-refractivity contribution in [3.8, 4) is 11.5 Å². The summed E-state index contributed by atoms with van der Waals surface area (Å²) in [5.41, 5.74) is 15.5. The fourth-order valence-electron chi connectivity index (χ4n) is 8.91. The van der Waals surface area contributed by atoms with Crippen LogP contribution in [0.1, 0.15) is 59.1 Å². The molecule has 3 aromatic carbocycles. The summed E-state index contributed by atoms with van der Waals surface area (Å²) in [5, 5.41) is 5.33. The molecule has 0 radical (unpaired) electrons. The number of sulfonamides is 1. The predicted octanol–water partition coefficient (Wildman–Crippen LogP) is 2.66. The largest absolute Gasteiger partial charge is 0.744 e. The molecule has 56 heavy (non-hydrogen) atoms. The Morgan fingerprint density at radius 2 is 1.52 bits per heavy atom. The fraction of sp³-hybridized carbons (Fsp3) is 0.513. The number of fused-ring (bicyclic) bond motifs is 4. The van der Waals surface area contributed by atoms with E-state index in [1.165, 1.54) is 34.3 Å². The number of hydrogen-bond acceptors (Lipinski definition) is 11. The van der Waals surface area contributed by atoms with E-state index in [0.717, 1.165) is 106 Å². The molecule has 5 heterocycles. The van der Waals surface area contributed by atoms with Crippen molar-refractivity contribution in [2.45, 2.75) is 61.2 Å². The Morgan fingerprint density at radius 3 is 2.29 bits per heavy atom. The number of benzene rings is 3. The molecule has 5 aliphatic rings. The fourth-order valence-corrected chi connectivity index (χ4v) is 10.7. The van der Waals surface area contributed by atoms with Crippen LogP contribution >= 0.6 is 0 Å². The minimum Gasteiger partial charge on any atom is -0.744 e. The summed E-state index contributed by atoms with van der Waals surface area (Å²) in [6.45, 7) is 5.52. The maximum atomic E-state index is 13.5. The summed E-state index contributed by atoms with van der Waals surface area (Å²) in [7, 11) is -9.39. The van der Waals surface area contributed by atoms with Crippen LogP contribution in [0.2, 0.25) is 0 Å². The van der Waals surface area contributed by atoms with Crippen molar-refractivity contribution in [3.05, 3.63) is 84.7 Å². The van der Waals surface area contributed by atoms with Gasteiger partial charge in [0.25, 0.3) is 0 Å². The van der Waals surface area contributed by atoms with E-state index < -0.39 is 25.0 Å². The molecule has 0 atom stereocenters. The second kappa shape index (κ2) is 16.4. The second-order valence-electron chi connectivity index (χ2n) is 14.6. The maximum Gasteiger partial charge on any atom is 0.240 e. The van der Waals surface area contributed by atoms with Crippen LogP contribution in [0, 0.1) is 0 Å². The molecular formula is C39H46N6O9S2. The van der Waals surface area contributed by atoms with Gasteiger partial charge in [0.1, 0.15) is 34.7 Å². The third kappa shape index (κ3) is 7.66. The molecule has 0 saturated carbocycles. The van der Waals surface area contributed by atoms with Crippen LogP contribution in [0.3, 0.4) is 0 Å². The van der Waals surface area contributed by atoms with E-state index in [2.05, 4.69) is 36.4 Å². The lowest BCUT2D eigenvalue weighted by Crippen LogP contribution is -2.45. The molecular weight excluding hydrogens is 761 g/mol. The van der Waals surface area contributed by atoms with Gasteiger partial charge in [-0.2, -0.15) is 0 Å². The second-order valence-corrected chi connectivity index (χ2v) is 17.8. The molecule has 15 nitrogen and oxygen atoms in total. The Labute approximate surface area is 326 Å². The third-order valence-corrected chi connectivity index (χ3v) is 13.5. The Balaban J connectivity index is 1.12. The summed E-state index contributed by atoms with van der Waals surface area (Å²) in [6.07, 6.45) is 7.33. The van der Waals surface area contributed by atoms with Gasteiger partial charge in [-0.1, -0.05) is 11.2 Å². The molecule has 298 valence electrons. The summed E-state index contributed by atoms with van der Waals surface area (Å²) in [6, 6.07) is 8.05.